The van der Waals surface area contributed by atoms with Crippen LogP contribution in [0.25, 0.3) is 0 Å². The van der Waals surface area contributed by atoms with Crippen LogP contribution in [0.15, 0.2) is 0 Å². The second-order valence-corrected chi connectivity index (χ2v) is 6.70. The van der Waals surface area contributed by atoms with Gasteiger partial charge in [-0.15, -0.1) is 0 Å². The number of esters is 1. The first-order chi connectivity index (χ1) is 11.3. The lowest BCUT2D eigenvalue weighted by Gasteiger charge is -2.34. The second-order valence-electron chi connectivity index (χ2n) is 6.70. The number of nitrogens with one attached hydrogen (secondary N) is 2. The number of methoxy groups -OCH3 is 1. The summed E-state index contributed by atoms with van der Waals surface area (Å²) < 4.78 is 4.97. The highest BCUT2D eigenvalue weighted by Crippen LogP contribution is 2.37. The Morgan fingerprint density at radius 2 is 1.79 bits per heavy atom. The smallest absolute Gasteiger partial charge is 0.313 e. The Balaban J connectivity index is 2.16. The van der Waals surface area contributed by atoms with E-state index in [9.17, 15) is 14.4 Å². The third-order valence-corrected chi connectivity index (χ3v) is 5.03. The zero-order valence-corrected chi connectivity index (χ0v) is 14.9. The monoisotopic (exact) mass is 334 g/mol. The minimum absolute atomic E-state index is 0.0707. The average Bonchev–Trinajstić information content (AvgIpc) is 2.87. The number of carbonyl (C=O) groups excluding carboxylic acids is 3. The Morgan fingerprint density at radius 3 is 2.29 bits per heavy atom. The molecule has 132 valence electrons. The van der Waals surface area contributed by atoms with Crippen molar-refractivity contribution in [3.05, 3.63) is 22.5 Å². The average molecular weight is 334 g/mol. The lowest BCUT2D eigenvalue weighted by atomic mass is 9.74. The highest BCUT2D eigenvalue weighted by atomic mass is 16.5. The van der Waals surface area contributed by atoms with Crippen molar-refractivity contribution in [1.82, 2.24) is 10.3 Å². The van der Waals surface area contributed by atoms with E-state index in [1.165, 1.54) is 14.0 Å². The van der Waals surface area contributed by atoms with E-state index in [4.69, 9.17) is 4.74 Å². The molecule has 0 atom stereocenters. The molecular formula is C18H26N2O4. The maximum absolute atomic E-state index is 12.5. The first kappa shape index (κ1) is 18.2. The summed E-state index contributed by atoms with van der Waals surface area (Å²) in [6.07, 6.45) is 4.46. The van der Waals surface area contributed by atoms with E-state index in [0.29, 0.717) is 22.5 Å². The van der Waals surface area contributed by atoms with Crippen LogP contribution in [0.1, 0.15) is 71.1 Å². The van der Waals surface area contributed by atoms with E-state index < -0.39 is 5.41 Å². The third kappa shape index (κ3) is 3.37. The van der Waals surface area contributed by atoms with Gasteiger partial charge in [-0.1, -0.05) is 19.3 Å². The summed E-state index contributed by atoms with van der Waals surface area (Å²) in [6.45, 7) is 5.27. The number of hydrogen-bond donors (Lipinski definition) is 2. The Labute approximate surface area is 142 Å². The Hall–Kier alpha value is -2.11. The highest BCUT2D eigenvalue weighted by Gasteiger charge is 2.41. The Bertz CT molecular complexity index is 654. The van der Waals surface area contributed by atoms with Gasteiger partial charge in [-0.3, -0.25) is 14.4 Å². The van der Waals surface area contributed by atoms with Crippen LogP contribution in [0, 0.1) is 19.3 Å². The molecule has 6 heteroatoms. The largest absolute Gasteiger partial charge is 0.469 e. The molecule has 1 fully saturated rings. The molecule has 1 heterocycles. The van der Waals surface area contributed by atoms with E-state index in [0.717, 1.165) is 32.1 Å². The van der Waals surface area contributed by atoms with Gasteiger partial charge in [0.1, 0.15) is 5.69 Å². The molecule has 1 aliphatic rings. The van der Waals surface area contributed by atoms with Crippen LogP contribution >= 0.6 is 0 Å². The van der Waals surface area contributed by atoms with Crippen molar-refractivity contribution in [2.24, 2.45) is 5.41 Å². The van der Waals surface area contributed by atoms with Gasteiger partial charge in [-0.2, -0.15) is 0 Å². The predicted octanol–water partition coefficient (Wildman–Crippen LogP) is 2.69. The number of ether oxygens (including phenoxy) is 1. The normalized spacial score (nSPS) is 16.5. The van der Waals surface area contributed by atoms with Crippen LogP contribution in [-0.2, 0) is 9.53 Å². The Morgan fingerprint density at radius 1 is 1.17 bits per heavy atom. The quantitative estimate of drug-likeness (QED) is 0.640. The van der Waals surface area contributed by atoms with E-state index in [-0.39, 0.29) is 24.2 Å². The van der Waals surface area contributed by atoms with Crippen molar-refractivity contribution in [1.29, 1.82) is 0 Å². The number of rotatable bonds is 5. The van der Waals surface area contributed by atoms with Gasteiger partial charge in [0.25, 0.3) is 5.91 Å². The van der Waals surface area contributed by atoms with Crippen LogP contribution in [-0.4, -0.2) is 36.3 Å². The van der Waals surface area contributed by atoms with E-state index in [2.05, 4.69) is 10.3 Å². The lowest BCUT2D eigenvalue weighted by molar-refractivity contribution is -0.154. The van der Waals surface area contributed by atoms with Gasteiger partial charge in [0, 0.05) is 17.8 Å². The molecule has 0 aliphatic heterocycles. The molecular weight excluding hydrogens is 308 g/mol. The van der Waals surface area contributed by atoms with Crippen molar-refractivity contribution < 1.29 is 19.1 Å². The third-order valence-electron chi connectivity index (χ3n) is 5.03. The molecule has 24 heavy (non-hydrogen) atoms. The molecule has 0 spiro atoms. The highest BCUT2D eigenvalue weighted by molar-refractivity contribution is 6.02. The molecule has 1 amide bonds. The zero-order chi connectivity index (χ0) is 17.9. The number of aromatic nitrogens is 1. The molecule has 0 bridgehead atoms. The fourth-order valence-corrected chi connectivity index (χ4v) is 3.74. The van der Waals surface area contributed by atoms with Crippen molar-refractivity contribution >= 4 is 17.7 Å². The Kier molecular flexibility index (Phi) is 5.47. The number of Topliss-reactive ketones (excluding diaryl/α,β-unsaturated/α-hetero) is 1. The summed E-state index contributed by atoms with van der Waals surface area (Å²) >= 11 is 0. The van der Waals surface area contributed by atoms with Crippen molar-refractivity contribution in [3.63, 3.8) is 0 Å². The summed E-state index contributed by atoms with van der Waals surface area (Å²) in [7, 11) is 1.39. The SMILES string of the molecule is COC(=O)C1(CNC(=O)c2[nH]c(C)c(C(C)=O)c2C)CCCCC1. The predicted molar refractivity (Wildman–Crippen MR) is 90.1 cm³/mol. The molecule has 6 nitrogen and oxygen atoms in total. The van der Waals surface area contributed by atoms with Gasteiger partial charge in [-0.25, -0.2) is 0 Å². The lowest BCUT2D eigenvalue weighted by Crippen LogP contribution is -2.45. The molecule has 2 rings (SSSR count). The molecule has 2 N–H and O–H groups in total. The zero-order valence-electron chi connectivity index (χ0n) is 14.9. The van der Waals surface area contributed by atoms with Crippen LogP contribution in [0.5, 0.6) is 0 Å². The molecule has 0 radical (unpaired) electrons. The van der Waals surface area contributed by atoms with Crippen LogP contribution in [0.3, 0.4) is 0 Å². The van der Waals surface area contributed by atoms with Gasteiger partial charge >= 0.3 is 5.97 Å². The van der Waals surface area contributed by atoms with Crippen LogP contribution in [0.4, 0.5) is 0 Å². The minimum atomic E-state index is -0.637. The van der Waals surface area contributed by atoms with Gasteiger partial charge in [0.15, 0.2) is 5.78 Å². The van der Waals surface area contributed by atoms with Gasteiger partial charge < -0.3 is 15.0 Å². The molecule has 1 aromatic heterocycles. The molecule has 0 aromatic carbocycles. The summed E-state index contributed by atoms with van der Waals surface area (Å²) in [5.41, 5.74) is 1.63. The number of aromatic amines is 1. The number of hydrogen-bond acceptors (Lipinski definition) is 4. The van der Waals surface area contributed by atoms with E-state index in [1.54, 1.807) is 13.8 Å². The summed E-state index contributed by atoms with van der Waals surface area (Å²) in [5, 5.41) is 2.86. The number of amides is 1. The molecule has 1 aliphatic carbocycles. The summed E-state index contributed by atoms with van der Waals surface area (Å²) in [5.74, 6) is -0.623. The van der Waals surface area contributed by atoms with Gasteiger partial charge in [0.2, 0.25) is 0 Å². The minimum Gasteiger partial charge on any atom is -0.469 e. The number of aryl methyl sites for hydroxylation is 1. The topological polar surface area (TPSA) is 88.3 Å². The van der Waals surface area contributed by atoms with Crippen LogP contribution < -0.4 is 5.32 Å². The van der Waals surface area contributed by atoms with E-state index >= 15 is 0 Å². The van der Waals surface area contributed by atoms with Crippen LogP contribution in [0.2, 0.25) is 0 Å². The number of H-pyrrole nitrogens is 1. The maximum atomic E-state index is 12.5. The van der Waals surface area contributed by atoms with Crippen molar-refractivity contribution in [2.45, 2.75) is 52.9 Å². The number of ketones is 1. The fourth-order valence-electron chi connectivity index (χ4n) is 3.74. The second kappa shape index (κ2) is 7.20. The molecule has 1 saturated carbocycles. The molecule has 0 unspecified atom stereocenters. The maximum Gasteiger partial charge on any atom is 0.313 e. The van der Waals surface area contributed by atoms with Gasteiger partial charge in [-0.05, 0) is 39.2 Å². The van der Waals surface area contributed by atoms with E-state index in [1.807, 2.05) is 0 Å². The summed E-state index contributed by atoms with van der Waals surface area (Å²) in [4.78, 5) is 39.5. The molecule has 0 saturated heterocycles. The van der Waals surface area contributed by atoms with Crippen molar-refractivity contribution in [2.75, 3.05) is 13.7 Å². The fraction of sp³-hybridized carbons (Fsp3) is 0.611. The number of carbonyl (C=O) groups is 3. The van der Waals surface area contributed by atoms with Crippen molar-refractivity contribution in [3.8, 4) is 0 Å². The summed E-state index contributed by atoms with van der Waals surface area (Å²) in [6, 6.07) is 0. The molecule has 1 aromatic rings. The first-order valence-corrected chi connectivity index (χ1v) is 8.39. The standard InChI is InChI=1S/C18H26N2O4/c1-11-14(13(3)21)12(2)20-15(11)16(22)19-10-18(17(23)24-4)8-6-5-7-9-18/h20H,5-10H2,1-4H3,(H,19,22). The van der Waals surface area contributed by atoms with Gasteiger partial charge in [0.05, 0.1) is 12.5 Å². The first-order valence-electron chi connectivity index (χ1n) is 8.39.